The Kier molecular flexibility index (Phi) is 6.38. The second-order valence-electron chi connectivity index (χ2n) is 4.84. The normalized spacial score (nSPS) is 10.1. The Hall–Kier alpha value is -2.11. The number of benzene rings is 1. The first-order valence-corrected chi connectivity index (χ1v) is 8.30. The Balaban J connectivity index is 1.93. The van der Waals surface area contributed by atoms with Gasteiger partial charge in [0.25, 0.3) is 5.91 Å². The summed E-state index contributed by atoms with van der Waals surface area (Å²) in [7, 11) is 0. The van der Waals surface area contributed by atoms with Gasteiger partial charge in [0.05, 0.1) is 13.1 Å². The van der Waals surface area contributed by atoms with Crippen LogP contribution in [0.25, 0.3) is 0 Å². The Labute approximate surface area is 144 Å². The molecule has 2 aromatic rings. The molecule has 6 heteroatoms. The van der Waals surface area contributed by atoms with Crippen LogP contribution in [0, 0.1) is 0 Å². The SMILES string of the molecule is C=CCN(Cc1cccs1)C(=O)CNC(=O)c1cccc(Cl)c1. The van der Waals surface area contributed by atoms with E-state index in [-0.39, 0.29) is 18.4 Å². The predicted molar refractivity (Wildman–Crippen MR) is 93.7 cm³/mol. The molecule has 0 saturated heterocycles. The Morgan fingerprint density at radius 1 is 1.30 bits per heavy atom. The summed E-state index contributed by atoms with van der Waals surface area (Å²) in [6, 6.07) is 10.5. The van der Waals surface area contributed by atoms with E-state index >= 15 is 0 Å². The standard InChI is InChI=1S/C17H17ClN2O2S/c1-2-8-20(12-15-7-4-9-23-15)16(21)11-19-17(22)13-5-3-6-14(18)10-13/h2-7,9-10H,1,8,11-12H2,(H,19,22). The van der Waals surface area contributed by atoms with Gasteiger partial charge in [-0.1, -0.05) is 29.8 Å². The lowest BCUT2D eigenvalue weighted by molar-refractivity contribution is -0.130. The third kappa shape index (κ3) is 5.23. The number of rotatable bonds is 7. The predicted octanol–water partition coefficient (Wildman–Crippen LogP) is 3.35. The molecule has 0 saturated carbocycles. The maximum atomic E-state index is 12.3. The fraction of sp³-hybridized carbons (Fsp3) is 0.176. The van der Waals surface area contributed by atoms with Crippen molar-refractivity contribution in [2.45, 2.75) is 6.54 Å². The molecule has 0 radical (unpaired) electrons. The van der Waals surface area contributed by atoms with Gasteiger partial charge in [0.15, 0.2) is 0 Å². The summed E-state index contributed by atoms with van der Waals surface area (Å²) in [4.78, 5) is 27.1. The van der Waals surface area contributed by atoms with Crippen molar-refractivity contribution < 1.29 is 9.59 Å². The fourth-order valence-corrected chi connectivity index (χ4v) is 2.91. The van der Waals surface area contributed by atoms with Crippen molar-refractivity contribution in [3.8, 4) is 0 Å². The summed E-state index contributed by atoms with van der Waals surface area (Å²) < 4.78 is 0. The van der Waals surface area contributed by atoms with Gasteiger partial charge in [-0.3, -0.25) is 9.59 Å². The van der Waals surface area contributed by atoms with Crippen LogP contribution >= 0.6 is 22.9 Å². The summed E-state index contributed by atoms with van der Waals surface area (Å²) in [6.45, 7) is 4.55. The average Bonchev–Trinajstić information content (AvgIpc) is 3.05. The molecule has 1 N–H and O–H groups in total. The van der Waals surface area contributed by atoms with Crippen LogP contribution in [0.1, 0.15) is 15.2 Å². The van der Waals surface area contributed by atoms with Crippen LogP contribution in [0.2, 0.25) is 5.02 Å². The first-order chi connectivity index (χ1) is 11.1. The molecule has 0 aliphatic heterocycles. The molecular formula is C17H17ClN2O2S. The number of hydrogen-bond acceptors (Lipinski definition) is 3. The van der Waals surface area contributed by atoms with Crippen molar-refractivity contribution in [2.24, 2.45) is 0 Å². The number of carbonyl (C=O) groups is 2. The molecule has 2 rings (SSSR count). The fourth-order valence-electron chi connectivity index (χ4n) is 2.00. The lowest BCUT2D eigenvalue weighted by Gasteiger charge is -2.20. The van der Waals surface area contributed by atoms with E-state index < -0.39 is 0 Å². The number of amides is 2. The largest absolute Gasteiger partial charge is 0.343 e. The molecule has 0 fully saturated rings. The van der Waals surface area contributed by atoms with E-state index in [4.69, 9.17) is 11.6 Å². The molecule has 0 aliphatic rings. The number of hydrogen-bond donors (Lipinski definition) is 1. The third-order valence-electron chi connectivity index (χ3n) is 3.12. The van der Waals surface area contributed by atoms with Crippen molar-refractivity contribution in [1.82, 2.24) is 10.2 Å². The molecule has 1 aromatic carbocycles. The van der Waals surface area contributed by atoms with Gasteiger partial charge < -0.3 is 10.2 Å². The first-order valence-electron chi connectivity index (χ1n) is 7.05. The van der Waals surface area contributed by atoms with Crippen LogP contribution in [0.4, 0.5) is 0 Å². The summed E-state index contributed by atoms with van der Waals surface area (Å²) in [5.41, 5.74) is 0.429. The minimum atomic E-state index is -0.324. The first kappa shape index (κ1) is 17.2. The smallest absolute Gasteiger partial charge is 0.251 e. The Morgan fingerprint density at radius 3 is 2.78 bits per heavy atom. The maximum Gasteiger partial charge on any atom is 0.251 e. The quantitative estimate of drug-likeness (QED) is 0.780. The monoisotopic (exact) mass is 348 g/mol. The highest BCUT2D eigenvalue weighted by molar-refractivity contribution is 7.09. The maximum absolute atomic E-state index is 12.3. The molecule has 0 atom stereocenters. The number of nitrogens with one attached hydrogen (secondary N) is 1. The molecule has 23 heavy (non-hydrogen) atoms. The molecule has 4 nitrogen and oxygen atoms in total. The third-order valence-corrected chi connectivity index (χ3v) is 4.21. The van der Waals surface area contributed by atoms with Gasteiger partial charge in [-0.2, -0.15) is 0 Å². The van der Waals surface area contributed by atoms with Gasteiger partial charge in [-0.05, 0) is 29.6 Å². The number of thiophene rings is 1. The number of nitrogens with zero attached hydrogens (tertiary/aromatic N) is 1. The molecule has 0 spiro atoms. The minimum absolute atomic E-state index is 0.0649. The molecule has 0 aliphatic carbocycles. The van der Waals surface area contributed by atoms with Crippen LogP contribution in [-0.4, -0.2) is 29.8 Å². The molecule has 1 aromatic heterocycles. The zero-order chi connectivity index (χ0) is 16.7. The van der Waals surface area contributed by atoms with Gasteiger partial charge in [-0.15, -0.1) is 17.9 Å². The second-order valence-corrected chi connectivity index (χ2v) is 6.30. The van der Waals surface area contributed by atoms with E-state index in [2.05, 4.69) is 11.9 Å². The van der Waals surface area contributed by atoms with Crippen LogP contribution in [0.3, 0.4) is 0 Å². The Bertz CT molecular complexity index is 686. The number of carbonyl (C=O) groups excluding carboxylic acids is 2. The van der Waals surface area contributed by atoms with Crippen molar-refractivity contribution in [3.63, 3.8) is 0 Å². The minimum Gasteiger partial charge on any atom is -0.343 e. The summed E-state index contributed by atoms with van der Waals surface area (Å²) >= 11 is 7.44. The molecule has 1 heterocycles. The van der Waals surface area contributed by atoms with E-state index in [1.54, 1.807) is 46.6 Å². The van der Waals surface area contributed by atoms with Gasteiger partial charge in [0.2, 0.25) is 5.91 Å². The van der Waals surface area contributed by atoms with E-state index in [9.17, 15) is 9.59 Å². The highest BCUT2D eigenvalue weighted by atomic mass is 35.5. The molecule has 2 amide bonds. The number of halogens is 1. The second kappa shape index (κ2) is 8.50. The Morgan fingerprint density at radius 2 is 2.13 bits per heavy atom. The molecule has 0 bridgehead atoms. The van der Waals surface area contributed by atoms with Crippen molar-refractivity contribution >= 4 is 34.8 Å². The lowest BCUT2D eigenvalue weighted by Crippen LogP contribution is -2.39. The molecule has 120 valence electrons. The van der Waals surface area contributed by atoms with Crippen LogP contribution in [0.15, 0.2) is 54.4 Å². The van der Waals surface area contributed by atoms with E-state index in [1.807, 2.05) is 17.5 Å². The van der Waals surface area contributed by atoms with Crippen molar-refractivity contribution in [1.29, 1.82) is 0 Å². The van der Waals surface area contributed by atoms with E-state index in [1.165, 1.54) is 0 Å². The van der Waals surface area contributed by atoms with Crippen LogP contribution in [0.5, 0.6) is 0 Å². The summed E-state index contributed by atoms with van der Waals surface area (Å²) in [5, 5.41) is 5.07. The van der Waals surface area contributed by atoms with Crippen molar-refractivity contribution in [2.75, 3.05) is 13.1 Å². The van der Waals surface area contributed by atoms with Crippen molar-refractivity contribution in [3.05, 3.63) is 69.9 Å². The van der Waals surface area contributed by atoms with Gasteiger partial charge in [-0.25, -0.2) is 0 Å². The lowest BCUT2D eigenvalue weighted by atomic mass is 10.2. The van der Waals surface area contributed by atoms with Gasteiger partial charge >= 0.3 is 0 Å². The van der Waals surface area contributed by atoms with E-state index in [0.29, 0.717) is 23.7 Å². The van der Waals surface area contributed by atoms with E-state index in [0.717, 1.165) is 4.88 Å². The summed E-state index contributed by atoms with van der Waals surface area (Å²) in [6.07, 6.45) is 1.67. The van der Waals surface area contributed by atoms with Crippen LogP contribution < -0.4 is 5.32 Å². The van der Waals surface area contributed by atoms with Gasteiger partial charge in [0, 0.05) is 22.0 Å². The summed E-state index contributed by atoms with van der Waals surface area (Å²) in [5.74, 6) is -0.482. The highest BCUT2D eigenvalue weighted by Gasteiger charge is 2.15. The average molecular weight is 349 g/mol. The van der Waals surface area contributed by atoms with Gasteiger partial charge in [0.1, 0.15) is 0 Å². The zero-order valence-corrected chi connectivity index (χ0v) is 14.1. The zero-order valence-electron chi connectivity index (χ0n) is 12.5. The molecular weight excluding hydrogens is 332 g/mol. The van der Waals surface area contributed by atoms with Crippen LogP contribution in [-0.2, 0) is 11.3 Å². The highest BCUT2D eigenvalue weighted by Crippen LogP contribution is 2.12. The molecule has 0 unspecified atom stereocenters. The topological polar surface area (TPSA) is 49.4 Å².